The summed E-state index contributed by atoms with van der Waals surface area (Å²) in [5.41, 5.74) is 0. The van der Waals surface area contributed by atoms with Gasteiger partial charge in [-0.05, 0) is 12.3 Å². The summed E-state index contributed by atoms with van der Waals surface area (Å²) in [4.78, 5) is 0. The second-order valence-corrected chi connectivity index (χ2v) is 2.26. The molecule has 1 heteroatoms. The molecule has 0 saturated heterocycles. The van der Waals surface area contributed by atoms with Gasteiger partial charge in [0.15, 0.2) is 0 Å². The maximum absolute atomic E-state index is 8.21. The molecule has 0 bridgehead atoms. The van der Waals surface area contributed by atoms with Crippen molar-refractivity contribution in [2.75, 3.05) is 0 Å². The maximum Gasteiger partial charge on any atom is 0.0624 e. The van der Waals surface area contributed by atoms with Crippen LogP contribution in [0.5, 0.6) is 0 Å². The predicted molar refractivity (Wildman–Crippen MR) is 45.7 cm³/mol. The van der Waals surface area contributed by atoms with Crippen LogP contribution in [-0.4, -0.2) is 0 Å². The molecule has 1 atom stereocenters. The zero-order valence-corrected chi connectivity index (χ0v) is 7.65. The smallest absolute Gasteiger partial charge is 0.0624 e. The average Bonchev–Trinajstić information content (AvgIpc) is 1.93. The molecule has 0 aliphatic carbocycles. The molecule has 0 spiro atoms. The van der Waals surface area contributed by atoms with Gasteiger partial charge >= 0.3 is 0 Å². The molecule has 10 heavy (non-hydrogen) atoms. The van der Waals surface area contributed by atoms with Crippen LogP contribution in [0.2, 0.25) is 0 Å². The van der Waals surface area contributed by atoms with Crippen molar-refractivity contribution in [2.45, 2.75) is 47.0 Å². The largest absolute Gasteiger partial charge is 0.198 e. The van der Waals surface area contributed by atoms with Gasteiger partial charge < -0.3 is 0 Å². The standard InChI is InChI=1S/C7H13N.C2H6/c1-3-4-7(2)5-6-8;1-2/h7H,3-5H2,1-2H3;1-2H3. The van der Waals surface area contributed by atoms with E-state index in [9.17, 15) is 0 Å². The molecule has 60 valence electrons. The minimum absolute atomic E-state index is 0.602. The Labute approximate surface area is 65.1 Å². The van der Waals surface area contributed by atoms with Crippen LogP contribution in [0.4, 0.5) is 0 Å². The van der Waals surface area contributed by atoms with E-state index in [0.29, 0.717) is 12.3 Å². The lowest BCUT2D eigenvalue weighted by Crippen LogP contribution is -1.89. The van der Waals surface area contributed by atoms with Gasteiger partial charge in [0.25, 0.3) is 0 Å². The Morgan fingerprint density at radius 2 is 1.90 bits per heavy atom. The van der Waals surface area contributed by atoms with Gasteiger partial charge in [-0.1, -0.05) is 34.1 Å². The summed E-state index contributed by atoms with van der Waals surface area (Å²) >= 11 is 0. The van der Waals surface area contributed by atoms with Crippen molar-refractivity contribution >= 4 is 0 Å². The zero-order valence-electron chi connectivity index (χ0n) is 7.65. The lowest BCUT2D eigenvalue weighted by molar-refractivity contribution is 0.537. The van der Waals surface area contributed by atoms with Crippen molar-refractivity contribution in [3.05, 3.63) is 0 Å². The van der Waals surface area contributed by atoms with Gasteiger partial charge in [-0.3, -0.25) is 0 Å². The van der Waals surface area contributed by atoms with E-state index in [0.717, 1.165) is 0 Å². The third-order valence-electron chi connectivity index (χ3n) is 1.22. The van der Waals surface area contributed by atoms with Crippen molar-refractivity contribution in [1.82, 2.24) is 0 Å². The van der Waals surface area contributed by atoms with Crippen molar-refractivity contribution in [2.24, 2.45) is 5.92 Å². The fourth-order valence-electron chi connectivity index (χ4n) is 0.751. The summed E-state index contributed by atoms with van der Waals surface area (Å²) in [6.07, 6.45) is 3.10. The lowest BCUT2D eigenvalue weighted by atomic mass is 10.0. The summed E-state index contributed by atoms with van der Waals surface area (Å²) in [7, 11) is 0. The fourth-order valence-corrected chi connectivity index (χ4v) is 0.751. The van der Waals surface area contributed by atoms with Gasteiger partial charge in [0, 0.05) is 6.42 Å². The maximum atomic E-state index is 8.21. The Morgan fingerprint density at radius 1 is 1.40 bits per heavy atom. The third-order valence-corrected chi connectivity index (χ3v) is 1.22. The molecule has 0 radical (unpaired) electrons. The van der Waals surface area contributed by atoms with E-state index in [-0.39, 0.29) is 0 Å². The van der Waals surface area contributed by atoms with Crippen LogP contribution >= 0.6 is 0 Å². The molecular weight excluding hydrogens is 122 g/mol. The van der Waals surface area contributed by atoms with Crippen molar-refractivity contribution in [3.8, 4) is 6.07 Å². The molecule has 0 aliphatic heterocycles. The number of nitriles is 1. The van der Waals surface area contributed by atoms with E-state index in [1.807, 2.05) is 13.8 Å². The second kappa shape index (κ2) is 11.3. The Hall–Kier alpha value is -0.510. The predicted octanol–water partition coefficient (Wildman–Crippen LogP) is 3.36. The number of hydrogen-bond donors (Lipinski definition) is 0. The number of hydrogen-bond acceptors (Lipinski definition) is 1. The van der Waals surface area contributed by atoms with Gasteiger partial charge in [0.1, 0.15) is 0 Å². The summed E-state index contributed by atoms with van der Waals surface area (Å²) in [6, 6.07) is 2.15. The highest BCUT2D eigenvalue weighted by atomic mass is 14.2. The van der Waals surface area contributed by atoms with Gasteiger partial charge in [0.2, 0.25) is 0 Å². The number of rotatable bonds is 3. The van der Waals surface area contributed by atoms with Gasteiger partial charge in [0.05, 0.1) is 6.07 Å². The molecule has 0 aliphatic rings. The van der Waals surface area contributed by atoms with Crippen LogP contribution in [0.15, 0.2) is 0 Å². The molecule has 1 nitrogen and oxygen atoms in total. The first kappa shape index (κ1) is 12.2. The fraction of sp³-hybridized carbons (Fsp3) is 0.889. The highest BCUT2D eigenvalue weighted by Crippen LogP contribution is 2.07. The summed E-state index contributed by atoms with van der Waals surface area (Å²) in [6.45, 7) is 8.26. The quantitative estimate of drug-likeness (QED) is 0.591. The SMILES string of the molecule is CC.CCCC(C)CC#N. The van der Waals surface area contributed by atoms with Crippen molar-refractivity contribution in [1.29, 1.82) is 5.26 Å². The van der Waals surface area contributed by atoms with E-state index in [1.165, 1.54) is 12.8 Å². The summed E-state index contributed by atoms with van der Waals surface area (Å²) in [5.74, 6) is 0.602. The molecule has 0 rings (SSSR count). The number of nitrogens with zero attached hydrogens (tertiary/aromatic N) is 1. The molecule has 0 saturated carbocycles. The van der Waals surface area contributed by atoms with E-state index < -0.39 is 0 Å². The molecule has 0 aromatic rings. The minimum Gasteiger partial charge on any atom is -0.198 e. The third kappa shape index (κ3) is 10.5. The van der Waals surface area contributed by atoms with Crippen LogP contribution in [0.3, 0.4) is 0 Å². The van der Waals surface area contributed by atoms with Crippen molar-refractivity contribution in [3.63, 3.8) is 0 Å². The van der Waals surface area contributed by atoms with Crippen LogP contribution in [0, 0.1) is 17.2 Å². The Balaban J connectivity index is 0. The topological polar surface area (TPSA) is 23.8 Å². The summed E-state index contributed by atoms with van der Waals surface area (Å²) in [5, 5.41) is 8.21. The molecule has 0 aromatic heterocycles. The van der Waals surface area contributed by atoms with Crippen molar-refractivity contribution < 1.29 is 0 Å². The van der Waals surface area contributed by atoms with Gasteiger partial charge in [-0.25, -0.2) is 0 Å². The van der Waals surface area contributed by atoms with Crippen LogP contribution < -0.4 is 0 Å². The zero-order chi connectivity index (χ0) is 8.41. The molecule has 1 unspecified atom stereocenters. The lowest BCUT2D eigenvalue weighted by Gasteiger charge is -2.00. The Bertz CT molecular complexity index is 81.2. The molecule has 0 heterocycles. The summed E-state index contributed by atoms with van der Waals surface area (Å²) < 4.78 is 0. The monoisotopic (exact) mass is 141 g/mol. The first-order chi connectivity index (χ1) is 4.81. The molecule has 0 aromatic carbocycles. The van der Waals surface area contributed by atoms with E-state index in [2.05, 4.69) is 19.9 Å². The molecule has 0 fully saturated rings. The highest BCUT2D eigenvalue weighted by Gasteiger charge is 1.96. The average molecular weight is 141 g/mol. The highest BCUT2D eigenvalue weighted by molar-refractivity contribution is 4.72. The molecular formula is C9H19N. The van der Waals surface area contributed by atoms with Crippen LogP contribution in [-0.2, 0) is 0 Å². The normalized spacial score (nSPS) is 10.7. The molecule has 0 N–H and O–H groups in total. The van der Waals surface area contributed by atoms with Crippen LogP contribution in [0.25, 0.3) is 0 Å². The van der Waals surface area contributed by atoms with Crippen LogP contribution in [0.1, 0.15) is 47.0 Å². The minimum atomic E-state index is 0.602. The Kier molecular flexibility index (Phi) is 13.8. The van der Waals surface area contributed by atoms with Gasteiger partial charge in [-0.15, -0.1) is 0 Å². The van der Waals surface area contributed by atoms with E-state index in [4.69, 9.17) is 5.26 Å². The Morgan fingerprint density at radius 3 is 2.20 bits per heavy atom. The van der Waals surface area contributed by atoms with E-state index in [1.54, 1.807) is 0 Å². The molecule has 0 amide bonds. The van der Waals surface area contributed by atoms with Gasteiger partial charge in [-0.2, -0.15) is 5.26 Å². The first-order valence-corrected chi connectivity index (χ1v) is 4.18. The first-order valence-electron chi connectivity index (χ1n) is 4.18. The second-order valence-electron chi connectivity index (χ2n) is 2.26. The van der Waals surface area contributed by atoms with E-state index >= 15 is 0 Å².